The molecule has 0 spiro atoms. The first kappa shape index (κ1) is 23.0. The summed E-state index contributed by atoms with van der Waals surface area (Å²) in [5.41, 5.74) is 10.5. The van der Waals surface area contributed by atoms with Crippen LogP contribution in [0.15, 0.2) is 140 Å². The van der Waals surface area contributed by atoms with Crippen LogP contribution in [0.5, 0.6) is 0 Å². The van der Waals surface area contributed by atoms with Crippen molar-refractivity contribution >= 4 is 38.4 Å². The zero-order chi connectivity index (χ0) is 26.5. The fraction of sp³-hybridized carbons (Fsp3) is 0.0500. The van der Waals surface area contributed by atoms with Crippen LogP contribution in [0.1, 0.15) is 17.5 Å². The van der Waals surface area contributed by atoms with E-state index in [4.69, 9.17) is 0 Å². The molecular weight excluding hydrogens is 480 g/mol. The topological polar surface area (TPSA) is 0 Å². The highest BCUT2D eigenvalue weighted by Gasteiger charge is 2.18. The maximum absolute atomic E-state index is 2.37. The van der Waals surface area contributed by atoms with E-state index in [0.717, 1.165) is 12.8 Å². The minimum Gasteiger partial charge on any atom is -0.0836 e. The number of benzene rings is 7. The van der Waals surface area contributed by atoms with Crippen LogP contribution in [0.2, 0.25) is 0 Å². The molecule has 0 saturated carbocycles. The zero-order valence-corrected chi connectivity index (χ0v) is 22.3. The van der Waals surface area contributed by atoms with Gasteiger partial charge < -0.3 is 0 Å². The first-order valence-electron chi connectivity index (χ1n) is 14.2. The van der Waals surface area contributed by atoms with Crippen LogP contribution in [0.3, 0.4) is 0 Å². The quantitative estimate of drug-likeness (QED) is 0.208. The Labute approximate surface area is 234 Å². The zero-order valence-electron chi connectivity index (χ0n) is 22.3. The van der Waals surface area contributed by atoms with Crippen LogP contribution >= 0.6 is 0 Å². The second-order valence-corrected chi connectivity index (χ2v) is 10.8. The summed E-state index contributed by atoms with van der Waals surface area (Å²) in [7, 11) is 0. The van der Waals surface area contributed by atoms with E-state index in [1.165, 1.54) is 76.8 Å². The van der Waals surface area contributed by atoms with E-state index >= 15 is 0 Å². The van der Waals surface area contributed by atoms with E-state index in [-0.39, 0.29) is 0 Å². The fourth-order valence-corrected chi connectivity index (χ4v) is 6.62. The Morgan fingerprint density at radius 3 is 1.73 bits per heavy atom. The van der Waals surface area contributed by atoms with Gasteiger partial charge in [0.25, 0.3) is 0 Å². The highest BCUT2D eigenvalue weighted by Crippen LogP contribution is 2.45. The molecule has 0 N–H and O–H groups in total. The van der Waals surface area contributed by atoms with Gasteiger partial charge in [-0.05, 0) is 89.7 Å². The van der Waals surface area contributed by atoms with Crippen LogP contribution < -0.4 is 0 Å². The Morgan fingerprint density at radius 2 is 1.00 bits per heavy atom. The number of hydrogen-bond donors (Lipinski definition) is 0. The number of aryl methyl sites for hydroxylation is 1. The summed E-state index contributed by atoms with van der Waals surface area (Å²) in [6, 6.07) is 49.3. The van der Waals surface area contributed by atoms with Gasteiger partial charge in [0, 0.05) is 0 Å². The predicted molar refractivity (Wildman–Crippen MR) is 173 cm³/mol. The van der Waals surface area contributed by atoms with Crippen molar-refractivity contribution in [1.29, 1.82) is 0 Å². The summed E-state index contributed by atoms with van der Waals surface area (Å²) >= 11 is 0. The van der Waals surface area contributed by atoms with Gasteiger partial charge in [0.2, 0.25) is 0 Å². The van der Waals surface area contributed by atoms with Crippen LogP contribution in [-0.4, -0.2) is 0 Å². The van der Waals surface area contributed by atoms with Crippen LogP contribution in [0.25, 0.3) is 71.8 Å². The molecule has 0 heterocycles. The molecule has 0 bridgehead atoms. The molecule has 0 atom stereocenters. The summed E-state index contributed by atoms with van der Waals surface area (Å²) in [5.74, 6) is 0. The van der Waals surface area contributed by atoms with Crippen molar-refractivity contribution in [3.05, 3.63) is 151 Å². The average molecular weight is 509 g/mol. The third-order valence-electron chi connectivity index (χ3n) is 8.52. The summed E-state index contributed by atoms with van der Waals surface area (Å²) < 4.78 is 0. The van der Waals surface area contributed by atoms with E-state index in [1.54, 1.807) is 0 Å². The highest BCUT2D eigenvalue weighted by atomic mass is 14.2. The lowest BCUT2D eigenvalue weighted by Crippen LogP contribution is -1.94. The molecule has 8 rings (SSSR count). The van der Waals surface area contributed by atoms with Gasteiger partial charge in [0.05, 0.1) is 0 Å². The van der Waals surface area contributed by atoms with Crippen molar-refractivity contribution in [1.82, 2.24) is 0 Å². The van der Waals surface area contributed by atoms with E-state index < -0.39 is 0 Å². The monoisotopic (exact) mass is 508 g/mol. The molecular formula is C40H28. The summed E-state index contributed by atoms with van der Waals surface area (Å²) in [4.78, 5) is 0. The first-order chi connectivity index (χ1) is 19.8. The van der Waals surface area contributed by atoms with Gasteiger partial charge in [-0.25, -0.2) is 0 Å². The molecule has 0 aromatic heterocycles. The molecule has 1 aliphatic rings. The molecule has 7 aromatic carbocycles. The van der Waals surface area contributed by atoms with E-state index in [1.807, 2.05) is 0 Å². The molecule has 0 heteroatoms. The largest absolute Gasteiger partial charge is 0.0836 e. The summed E-state index contributed by atoms with van der Waals surface area (Å²) in [6.45, 7) is 0. The third-order valence-corrected chi connectivity index (χ3v) is 8.52. The molecule has 1 aliphatic carbocycles. The SMILES string of the molecule is C1=Cc2ccc(-c3ccc(-c4c5ccccc5c(-c5cccc6ccccc56)c5ccccc45)cc3)cc2CC1. The Kier molecular flexibility index (Phi) is 5.38. The first-order valence-corrected chi connectivity index (χ1v) is 14.2. The lowest BCUT2D eigenvalue weighted by atomic mass is 9.84. The van der Waals surface area contributed by atoms with Crippen molar-refractivity contribution in [2.75, 3.05) is 0 Å². The van der Waals surface area contributed by atoms with Gasteiger partial charge in [-0.15, -0.1) is 0 Å². The Morgan fingerprint density at radius 1 is 0.425 bits per heavy atom. The molecule has 188 valence electrons. The van der Waals surface area contributed by atoms with Gasteiger partial charge in [-0.3, -0.25) is 0 Å². The minimum atomic E-state index is 1.12. The van der Waals surface area contributed by atoms with Crippen molar-refractivity contribution in [3.8, 4) is 33.4 Å². The second-order valence-electron chi connectivity index (χ2n) is 10.8. The molecule has 7 aromatic rings. The minimum absolute atomic E-state index is 1.12. The van der Waals surface area contributed by atoms with Crippen molar-refractivity contribution in [2.24, 2.45) is 0 Å². The summed E-state index contributed by atoms with van der Waals surface area (Å²) in [5, 5.41) is 7.72. The van der Waals surface area contributed by atoms with Gasteiger partial charge >= 0.3 is 0 Å². The molecule has 0 saturated heterocycles. The number of rotatable bonds is 3. The predicted octanol–water partition coefficient (Wildman–Crippen LogP) is 11.1. The third kappa shape index (κ3) is 3.68. The number of fused-ring (bicyclic) bond motifs is 4. The van der Waals surface area contributed by atoms with E-state index in [9.17, 15) is 0 Å². The molecule has 0 nitrogen and oxygen atoms in total. The molecule has 0 fully saturated rings. The van der Waals surface area contributed by atoms with Crippen molar-refractivity contribution in [3.63, 3.8) is 0 Å². The molecule has 0 amide bonds. The standard InChI is InChI=1S/C40H28/c1-2-12-31-26-32(25-22-27(31)10-1)28-20-23-30(24-21-28)39-35-15-5-7-17-37(35)40(38-18-8-6-16-36(38)39)34-19-9-13-29-11-3-4-14-33(29)34/h1,3-11,13-26H,2,12H2. The number of hydrogen-bond acceptors (Lipinski definition) is 0. The van der Waals surface area contributed by atoms with Crippen LogP contribution in [-0.2, 0) is 6.42 Å². The van der Waals surface area contributed by atoms with E-state index in [0.29, 0.717) is 0 Å². The molecule has 40 heavy (non-hydrogen) atoms. The Hall–Kier alpha value is -4.94. The van der Waals surface area contributed by atoms with Gasteiger partial charge in [0.15, 0.2) is 0 Å². The molecule has 0 radical (unpaired) electrons. The lowest BCUT2D eigenvalue weighted by molar-refractivity contribution is 0.986. The van der Waals surface area contributed by atoms with E-state index in [2.05, 4.69) is 146 Å². The summed E-state index contributed by atoms with van der Waals surface area (Å²) in [6.07, 6.45) is 6.78. The highest BCUT2D eigenvalue weighted by molar-refractivity contribution is 6.23. The second kappa shape index (κ2) is 9.36. The van der Waals surface area contributed by atoms with Crippen LogP contribution in [0, 0.1) is 0 Å². The lowest BCUT2D eigenvalue weighted by Gasteiger charge is -2.19. The average Bonchev–Trinajstić information content (AvgIpc) is 3.03. The Balaban J connectivity index is 1.35. The maximum atomic E-state index is 2.37. The van der Waals surface area contributed by atoms with Gasteiger partial charge in [-0.1, -0.05) is 146 Å². The number of allylic oxidation sites excluding steroid dienone is 1. The van der Waals surface area contributed by atoms with Gasteiger partial charge in [0.1, 0.15) is 0 Å². The fourth-order valence-electron chi connectivity index (χ4n) is 6.62. The van der Waals surface area contributed by atoms with Crippen molar-refractivity contribution < 1.29 is 0 Å². The normalized spacial score (nSPS) is 12.7. The smallest absolute Gasteiger partial charge is 0.00201 e. The molecule has 0 aliphatic heterocycles. The molecule has 0 unspecified atom stereocenters. The maximum Gasteiger partial charge on any atom is -0.00201 e. The van der Waals surface area contributed by atoms with Gasteiger partial charge in [-0.2, -0.15) is 0 Å². The van der Waals surface area contributed by atoms with Crippen molar-refractivity contribution in [2.45, 2.75) is 12.8 Å². The Bertz CT molecular complexity index is 2030. The van der Waals surface area contributed by atoms with Crippen LogP contribution in [0.4, 0.5) is 0 Å².